The monoisotopic (exact) mass is 500 g/mol. The Morgan fingerprint density at radius 3 is 2.57 bits per heavy atom. The molecular formula is C30H36N4O3. The molecule has 0 saturated carbocycles. The third-order valence-corrected chi connectivity index (χ3v) is 7.12. The summed E-state index contributed by atoms with van der Waals surface area (Å²) in [5.41, 5.74) is 4.39. The molecule has 0 unspecified atom stereocenters. The molecule has 7 heteroatoms. The van der Waals surface area contributed by atoms with Gasteiger partial charge in [0.15, 0.2) is 0 Å². The Balaban J connectivity index is 1.53. The average molecular weight is 501 g/mol. The number of hydrogen-bond donors (Lipinski definition) is 2. The Morgan fingerprint density at radius 2 is 1.81 bits per heavy atom. The number of esters is 1. The van der Waals surface area contributed by atoms with Crippen molar-refractivity contribution in [1.29, 1.82) is 0 Å². The molecule has 1 aromatic heterocycles. The lowest BCUT2D eigenvalue weighted by molar-refractivity contribution is -0.140. The zero-order valence-corrected chi connectivity index (χ0v) is 22.1. The third kappa shape index (κ3) is 5.20. The first-order valence-electron chi connectivity index (χ1n) is 13.1. The summed E-state index contributed by atoms with van der Waals surface area (Å²) in [6.45, 7) is 13.1. The van der Waals surface area contributed by atoms with Crippen LogP contribution in [0.15, 0.2) is 54.7 Å². The minimum Gasteiger partial charge on any atom is -0.459 e. The molecule has 0 aliphatic carbocycles. The number of hydrogen-bond acceptors (Lipinski definition) is 5. The number of piperazine rings is 1. The number of fused-ring (bicyclic) bond motifs is 3. The smallest absolute Gasteiger partial charge is 0.342 e. The van der Waals surface area contributed by atoms with Gasteiger partial charge in [-0.25, -0.2) is 4.79 Å². The van der Waals surface area contributed by atoms with E-state index in [2.05, 4.69) is 41.2 Å². The van der Waals surface area contributed by atoms with Crippen molar-refractivity contribution in [2.24, 2.45) is 0 Å². The van der Waals surface area contributed by atoms with Crippen molar-refractivity contribution >= 4 is 28.4 Å². The lowest BCUT2D eigenvalue weighted by atomic mass is 9.81. The number of carbonyl (C=O) groups excluding carboxylic acids is 2. The number of benzene rings is 2. The zero-order chi connectivity index (χ0) is 26.2. The van der Waals surface area contributed by atoms with Gasteiger partial charge in [-0.1, -0.05) is 44.2 Å². The summed E-state index contributed by atoms with van der Waals surface area (Å²) < 4.78 is 5.63. The van der Waals surface area contributed by atoms with Gasteiger partial charge >= 0.3 is 5.97 Å². The minimum atomic E-state index is -0.439. The summed E-state index contributed by atoms with van der Waals surface area (Å²) in [6.07, 6.45) is 1.40. The molecule has 3 aromatic rings. The number of nitrogens with zero attached hydrogens (tertiary/aromatic N) is 2. The quantitative estimate of drug-likeness (QED) is 0.511. The van der Waals surface area contributed by atoms with Crippen LogP contribution in [0.5, 0.6) is 0 Å². The highest BCUT2D eigenvalue weighted by Crippen LogP contribution is 2.40. The number of para-hydroxylation sites is 1. The van der Waals surface area contributed by atoms with Crippen molar-refractivity contribution in [3.63, 3.8) is 0 Å². The maximum Gasteiger partial charge on any atom is 0.342 e. The zero-order valence-electron chi connectivity index (χ0n) is 22.1. The van der Waals surface area contributed by atoms with Crippen LogP contribution in [-0.2, 0) is 21.5 Å². The van der Waals surface area contributed by atoms with Gasteiger partial charge in [0.2, 0.25) is 0 Å². The van der Waals surface area contributed by atoms with Gasteiger partial charge in [0, 0.05) is 67.3 Å². The first kappa shape index (κ1) is 25.2. The SMILES string of the molecule is CC(C)OC(=O)C1=CN(C(=O)c2cccc(CN3CCNCC3)c2)CC(C)(C)c2c1[nH]c1ccccc21. The number of nitrogens with one attached hydrogen (secondary N) is 2. The summed E-state index contributed by atoms with van der Waals surface area (Å²) in [4.78, 5) is 34.8. The van der Waals surface area contributed by atoms with Crippen LogP contribution in [0.1, 0.15) is 54.9 Å². The van der Waals surface area contributed by atoms with E-state index in [4.69, 9.17) is 4.74 Å². The Bertz CT molecular complexity index is 1350. The molecule has 2 aliphatic heterocycles. The van der Waals surface area contributed by atoms with Gasteiger partial charge in [0.05, 0.1) is 17.4 Å². The lowest BCUT2D eigenvalue weighted by Gasteiger charge is -2.30. The Kier molecular flexibility index (Phi) is 6.92. The molecule has 194 valence electrons. The normalized spacial score (nSPS) is 17.9. The molecule has 0 spiro atoms. The first-order valence-corrected chi connectivity index (χ1v) is 13.1. The fraction of sp³-hybridized carbons (Fsp3) is 0.400. The van der Waals surface area contributed by atoms with E-state index in [1.54, 1.807) is 11.1 Å². The van der Waals surface area contributed by atoms with Crippen LogP contribution < -0.4 is 5.32 Å². The number of carbonyl (C=O) groups is 2. The van der Waals surface area contributed by atoms with Gasteiger partial charge in [-0.2, -0.15) is 0 Å². The fourth-order valence-corrected chi connectivity index (χ4v) is 5.48. The van der Waals surface area contributed by atoms with Crippen molar-refractivity contribution in [1.82, 2.24) is 20.1 Å². The van der Waals surface area contributed by atoms with E-state index < -0.39 is 11.4 Å². The number of ether oxygens (including phenoxy) is 1. The van der Waals surface area contributed by atoms with Crippen LogP contribution in [0.2, 0.25) is 0 Å². The van der Waals surface area contributed by atoms with E-state index in [1.807, 2.05) is 50.2 Å². The maximum absolute atomic E-state index is 13.9. The predicted octanol–water partition coefficient (Wildman–Crippen LogP) is 4.30. The largest absolute Gasteiger partial charge is 0.459 e. The average Bonchev–Trinajstić information content (AvgIpc) is 3.21. The number of amides is 1. The summed E-state index contributed by atoms with van der Waals surface area (Å²) in [5.74, 6) is -0.565. The molecule has 1 fully saturated rings. The van der Waals surface area contributed by atoms with E-state index in [-0.39, 0.29) is 12.0 Å². The molecule has 0 radical (unpaired) electrons. The summed E-state index contributed by atoms with van der Waals surface area (Å²) >= 11 is 0. The fourth-order valence-electron chi connectivity index (χ4n) is 5.48. The number of aromatic amines is 1. The van der Waals surface area contributed by atoms with E-state index in [1.165, 1.54) is 0 Å². The summed E-state index contributed by atoms with van der Waals surface area (Å²) in [7, 11) is 0. The lowest BCUT2D eigenvalue weighted by Crippen LogP contribution is -2.42. The van der Waals surface area contributed by atoms with Gasteiger partial charge in [0.25, 0.3) is 5.91 Å². The topological polar surface area (TPSA) is 77.7 Å². The van der Waals surface area contributed by atoms with Crippen molar-refractivity contribution < 1.29 is 14.3 Å². The maximum atomic E-state index is 13.9. The van der Waals surface area contributed by atoms with Crippen LogP contribution in [0.25, 0.3) is 16.5 Å². The van der Waals surface area contributed by atoms with Crippen LogP contribution >= 0.6 is 0 Å². The van der Waals surface area contributed by atoms with Crippen molar-refractivity contribution in [2.45, 2.75) is 45.8 Å². The first-order chi connectivity index (χ1) is 17.7. The molecule has 3 heterocycles. The van der Waals surface area contributed by atoms with Crippen LogP contribution in [0, 0.1) is 0 Å². The van der Waals surface area contributed by atoms with E-state index >= 15 is 0 Å². The van der Waals surface area contributed by atoms with Crippen molar-refractivity contribution in [3.8, 4) is 0 Å². The summed E-state index contributed by atoms with van der Waals surface area (Å²) in [5, 5.41) is 4.43. The van der Waals surface area contributed by atoms with Gasteiger partial charge in [-0.3, -0.25) is 9.69 Å². The molecule has 1 amide bonds. The minimum absolute atomic E-state index is 0.125. The van der Waals surface area contributed by atoms with E-state index in [9.17, 15) is 9.59 Å². The molecule has 0 bridgehead atoms. The predicted molar refractivity (Wildman–Crippen MR) is 146 cm³/mol. The van der Waals surface area contributed by atoms with Crippen LogP contribution in [-0.4, -0.2) is 65.5 Å². The van der Waals surface area contributed by atoms with Gasteiger partial charge in [-0.15, -0.1) is 0 Å². The Labute approximate surface area is 218 Å². The molecule has 5 rings (SSSR count). The van der Waals surface area contributed by atoms with E-state index in [0.717, 1.165) is 60.4 Å². The second kappa shape index (κ2) is 10.1. The molecule has 2 aliphatic rings. The second-order valence-corrected chi connectivity index (χ2v) is 11.0. The van der Waals surface area contributed by atoms with Crippen LogP contribution in [0.3, 0.4) is 0 Å². The van der Waals surface area contributed by atoms with Gasteiger partial charge in [0.1, 0.15) is 0 Å². The second-order valence-electron chi connectivity index (χ2n) is 11.0. The Morgan fingerprint density at radius 1 is 1.05 bits per heavy atom. The van der Waals surface area contributed by atoms with Crippen molar-refractivity contribution in [3.05, 3.63) is 77.1 Å². The third-order valence-electron chi connectivity index (χ3n) is 7.12. The highest BCUT2D eigenvalue weighted by Gasteiger charge is 2.37. The highest BCUT2D eigenvalue weighted by atomic mass is 16.5. The molecule has 2 aromatic carbocycles. The standard InChI is InChI=1S/C30H36N4O3/c1-20(2)37-29(36)24-18-34(19-30(3,4)26-23-10-5-6-11-25(23)32-27(24)26)28(35)22-9-7-8-21(16-22)17-33-14-12-31-13-15-33/h5-11,16,18,20,31-32H,12-15,17,19H2,1-4H3. The van der Waals surface area contributed by atoms with Crippen LogP contribution in [0.4, 0.5) is 0 Å². The van der Waals surface area contributed by atoms with Gasteiger partial charge < -0.3 is 19.9 Å². The number of H-pyrrole nitrogens is 1. The number of aromatic nitrogens is 1. The molecule has 0 atom stereocenters. The molecule has 2 N–H and O–H groups in total. The highest BCUT2D eigenvalue weighted by molar-refractivity contribution is 6.18. The molecule has 7 nitrogen and oxygen atoms in total. The van der Waals surface area contributed by atoms with Crippen molar-refractivity contribution in [2.75, 3.05) is 32.7 Å². The molecule has 37 heavy (non-hydrogen) atoms. The van der Waals surface area contributed by atoms with E-state index in [0.29, 0.717) is 17.7 Å². The van der Waals surface area contributed by atoms with Gasteiger partial charge in [-0.05, 0) is 43.2 Å². The number of rotatable bonds is 5. The summed E-state index contributed by atoms with van der Waals surface area (Å²) in [6, 6.07) is 15.9. The molecule has 1 saturated heterocycles. The molecular weight excluding hydrogens is 464 g/mol. The Hall–Kier alpha value is -3.42.